The normalized spacial score (nSPS) is 16.3. The van der Waals surface area contributed by atoms with Crippen molar-refractivity contribution in [1.29, 1.82) is 0 Å². The Morgan fingerprint density at radius 1 is 1.06 bits per heavy atom. The van der Waals surface area contributed by atoms with E-state index in [0.717, 1.165) is 51.8 Å². The number of nitrogens with one attached hydrogen (secondary N) is 1. The molecule has 7 heteroatoms. The largest absolute Gasteiger partial charge is 0.352 e. The Kier molecular flexibility index (Phi) is 5.89. The number of carbonyl (C=O) groups excluding carboxylic acids is 1. The molecule has 1 aliphatic heterocycles. The van der Waals surface area contributed by atoms with Crippen molar-refractivity contribution in [3.63, 3.8) is 0 Å². The molecule has 1 N–H and O–H groups in total. The van der Waals surface area contributed by atoms with Crippen LogP contribution < -0.4 is 10.2 Å². The van der Waals surface area contributed by atoms with Crippen molar-refractivity contribution in [2.24, 2.45) is 5.92 Å². The van der Waals surface area contributed by atoms with Crippen molar-refractivity contribution in [2.45, 2.75) is 40.2 Å². The zero-order valence-electron chi connectivity index (χ0n) is 19.3. The number of aryl methyl sites for hydroxylation is 3. The van der Waals surface area contributed by atoms with Crippen LogP contribution >= 0.6 is 11.3 Å². The Labute approximate surface area is 198 Å². The number of aromatic nitrogens is 3. The van der Waals surface area contributed by atoms with Gasteiger partial charge in [-0.15, -0.1) is 0 Å². The highest BCUT2D eigenvalue weighted by atomic mass is 32.1. The standard InChI is InChI=1S/C26H29N5OS/c1-17-6-10-20(11-7-17)15-27-25(32)21-5-4-14-30(16-21)26-28-24-23(33-26)19(3)29-31(24)22-12-8-18(2)9-13-22/h6-13,21H,4-5,14-16H2,1-3H3,(H,27,32)/t21-/m0/s1. The van der Waals surface area contributed by atoms with Crippen LogP contribution in [-0.4, -0.2) is 33.8 Å². The first-order valence-electron chi connectivity index (χ1n) is 11.5. The summed E-state index contributed by atoms with van der Waals surface area (Å²) in [5.41, 5.74) is 6.47. The van der Waals surface area contributed by atoms with Crippen molar-refractivity contribution in [2.75, 3.05) is 18.0 Å². The highest BCUT2D eigenvalue weighted by molar-refractivity contribution is 7.22. The number of nitrogens with zero attached hydrogens (tertiary/aromatic N) is 4. The van der Waals surface area contributed by atoms with Gasteiger partial charge in [-0.2, -0.15) is 10.1 Å². The van der Waals surface area contributed by atoms with Gasteiger partial charge in [0, 0.05) is 19.6 Å². The molecule has 1 fully saturated rings. The molecule has 33 heavy (non-hydrogen) atoms. The van der Waals surface area contributed by atoms with Crippen LogP contribution in [-0.2, 0) is 11.3 Å². The summed E-state index contributed by atoms with van der Waals surface area (Å²) in [5.74, 6) is 0.106. The van der Waals surface area contributed by atoms with Crippen LogP contribution in [0.4, 0.5) is 5.13 Å². The number of carbonyl (C=O) groups is 1. The van der Waals surface area contributed by atoms with E-state index in [1.54, 1.807) is 11.3 Å². The van der Waals surface area contributed by atoms with Crippen molar-refractivity contribution < 1.29 is 4.79 Å². The van der Waals surface area contributed by atoms with Crippen LogP contribution in [0, 0.1) is 26.7 Å². The summed E-state index contributed by atoms with van der Waals surface area (Å²) in [6.45, 7) is 8.38. The lowest BCUT2D eigenvalue weighted by Gasteiger charge is -2.31. The molecule has 4 aromatic rings. The second-order valence-electron chi connectivity index (χ2n) is 8.97. The molecular weight excluding hydrogens is 430 g/mol. The van der Waals surface area contributed by atoms with Gasteiger partial charge in [-0.3, -0.25) is 4.79 Å². The molecule has 170 valence electrons. The third-order valence-electron chi connectivity index (χ3n) is 6.31. The van der Waals surface area contributed by atoms with Crippen LogP contribution in [0.5, 0.6) is 0 Å². The van der Waals surface area contributed by atoms with Crippen molar-refractivity contribution in [1.82, 2.24) is 20.1 Å². The summed E-state index contributed by atoms with van der Waals surface area (Å²) in [6, 6.07) is 16.7. The first-order valence-corrected chi connectivity index (χ1v) is 12.3. The molecule has 0 radical (unpaired) electrons. The highest BCUT2D eigenvalue weighted by Gasteiger charge is 2.28. The second-order valence-corrected chi connectivity index (χ2v) is 9.95. The Balaban J connectivity index is 1.31. The minimum Gasteiger partial charge on any atom is -0.352 e. The fourth-order valence-corrected chi connectivity index (χ4v) is 5.35. The zero-order chi connectivity index (χ0) is 22.9. The van der Waals surface area contributed by atoms with Crippen LogP contribution in [0.3, 0.4) is 0 Å². The number of hydrogen-bond donors (Lipinski definition) is 1. The van der Waals surface area contributed by atoms with Crippen molar-refractivity contribution >= 4 is 32.7 Å². The average Bonchev–Trinajstić information content (AvgIpc) is 3.40. The summed E-state index contributed by atoms with van der Waals surface area (Å²) in [5, 5.41) is 8.82. The molecule has 1 atom stereocenters. The molecule has 1 amide bonds. The molecule has 2 aromatic carbocycles. The Morgan fingerprint density at radius 2 is 1.76 bits per heavy atom. The molecule has 0 unspecified atom stereocenters. The first kappa shape index (κ1) is 21.6. The van der Waals surface area contributed by atoms with E-state index in [4.69, 9.17) is 10.1 Å². The topological polar surface area (TPSA) is 63.1 Å². The third kappa shape index (κ3) is 4.50. The molecule has 1 aliphatic rings. The van der Waals surface area contributed by atoms with E-state index in [9.17, 15) is 4.79 Å². The highest BCUT2D eigenvalue weighted by Crippen LogP contribution is 2.34. The molecule has 6 nitrogen and oxygen atoms in total. The Morgan fingerprint density at radius 3 is 2.48 bits per heavy atom. The molecule has 5 rings (SSSR count). The van der Waals surface area contributed by atoms with Gasteiger partial charge in [-0.1, -0.05) is 58.9 Å². The van der Waals surface area contributed by atoms with E-state index < -0.39 is 0 Å². The number of piperidine rings is 1. The number of rotatable bonds is 5. The van der Waals surface area contributed by atoms with Gasteiger partial charge in [0.25, 0.3) is 0 Å². The molecule has 2 aromatic heterocycles. The van der Waals surface area contributed by atoms with Gasteiger partial charge < -0.3 is 10.2 Å². The lowest BCUT2D eigenvalue weighted by molar-refractivity contribution is -0.125. The summed E-state index contributed by atoms with van der Waals surface area (Å²) >= 11 is 1.67. The van der Waals surface area contributed by atoms with Crippen LogP contribution in [0.25, 0.3) is 16.0 Å². The van der Waals surface area contributed by atoms with Gasteiger partial charge in [0.2, 0.25) is 5.91 Å². The number of anilines is 1. The summed E-state index contributed by atoms with van der Waals surface area (Å²) in [4.78, 5) is 20.1. The monoisotopic (exact) mass is 459 g/mol. The van der Waals surface area contributed by atoms with Gasteiger partial charge >= 0.3 is 0 Å². The maximum absolute atomic E-state index is 12.9. The van der Waals surface area contributed by atoms with Gasteiger partial charge in [0.05, 0.1) is 22.0 Å². The van der Waals surface area contributed by atoms with E-state index in [-0.39, 0.29) is 11.8 Å². The lowest BCUT2D eigenvalue weighted by Crippen LogP contribution is -2.43. The van der Waals surface area contributed by atoms with E-state index in [1.807, 2.05) is 11.6 Å². The smallest absolute Gasteiger partial charge is 0.225 e. The third-order valence-corrected chi connectivity index (χ3v) is 7.52. The van der Waals surface area contributed by atoms with Crippen LogP contribution in [0.15, 0.2) is 48.5 Å². The fraction of sp³-hybridized carbons (Fsp3) is 0.346. The molecule has 0 saturated carbocycles. The summed E-state index contributed by atoms with van der Waals surface area (Å²) < 4.78 is 3.04. The minimum absolute atomic E-state index is 0.0223. The average molecular weight is 460 g/mol. The first-order chi connectivity index (χ1) is 16.0. The number of thiazole rings is 1. The minimum atomic E-state index is -0.0223. The lowest BCUT2D eigenvalue weighted by atomic mass is 9.97. The maximum Gasteiger partial charge on any atom is 0.225 e. The molecule has 0 aliphatic carbocycles. The zero-order valence-corrected chi connectivity index (χ0v) is 20.2. The number of amides is 1. The Bertz CT molecular complexity index is 1270. The van der Waals surface area contributed by atoms with Gasteiger partial charge in [-0.05, 0) is 51.3 Å². The predicted molar refractivity (Wildman–Crippen MR) is 134 cm³/mol. The molecule has 0 spiro atoms. The van der Waals surface area contributed by atoms with Gasteiger partial charge in [0.15, 0.2) is 10.8 Å². The van der Waals surface area contributed by atoms with Gasteiger partial charge in [0.1, 0.15) is 0 Å². The number of benzene rings is 2. The molecule has 3 heterocycles. The van der Waals surface area contributed by atoms with Gasteiger partial charge in [-0.25, -0.2) is 4.68 Å². The van der Waals surface area contributed by atoms with Crippen molar-refractivity contribution in [3.05, 3.63) is 70.9 Å². The quantitative estimate of drug-likeness (QED) is 0.459. The fourth-order valence-electron chi connectivity index (χ4n) is 4.33. The predicted octanol–water partition coefficient (Wildman–Crippen LogP) is 4.94. The van der Waals surface area contributed by atoms with E-state index in [1.165, 1.54) is 11.1 Å². The summed E-state index contributed by atoms with van der Waals surface area (Å²) in [6.07, 6.45) is 1.90. The second kappa shape index (κ2) is 8.98. The van der Waals surface area contributed by atoms with Crippen LogP contribution in [0.2, 0.25) is 0 Å². The Hall–Kier alpha value is -3.19. The molecule has 1 saturated heterocycles. The van der Waals surface area contributed by atoms with Crippen LogP contribution in [0.1, 0.15) is 35.2 Å². The maximum atomic E-state index is 12.9. The van der Waals surface area contributed by atoms with E-state index >= 15 is 0 Å². The molecule has 0 bridgehead atoms. The molecular formula is C26H29N5OS. The summed E-state index contributed by atoms with van der Waals surface area (Å²) in [7, 11) is 0. The van der Waals surface area contributed by atoms with Crippen molar-refractivity contribution in [3.8, 4) is 5.69 Å². The SMILES string of the molecule is Cc1ccc(CNC(=O)[C@H]2CCCN(c3nc4c(s3)c(C)nn4-c3ccc(C)cc3)C2)cc1. The van der Waals surface area contributed by atoms with E-state index in [0.29, 0.717) is 13.1 Å². The number of fused-ring (bicyclic) bond motifs is 1. The van der Waals surface area contributed by atoms with E-state index in [2.05, 4.69) is 72.6 Å². The number of hydrogen-bond acceptors (Lipinski definition) is 5.